The Bertz CT molecular complexity index is 1190. The van der Waals surface area contributed by atoms with Crippen LogP contribution < -0.4 is 10.7 Å². The molecule has 29 heavy (non-hydrogen) atoms. The maximum Gasteiger partial charge on any atom is 0.416 e. The molecular formula is C20H13F3N4O2. The van der Waals surface area contributed by atoms with Crippen LogP contribution in [-0.2, 0) is 6.18 Å². The van der Waals surface area contributed by atoms with Gasteiger partial charge in [-0.3, -0.25) is 9.59 Å². The zero-order valence-corrected chi connectivity index (χ0v) is 15.0. The predicted octanol–water partition coefficient (Wildman–Crippen LogP) is 3.68. The monoisotopic (exact) mass is 398 g/mol. The van der Waals surface area contributed by atoms with Gasteiger partial charge in [0.25, 0.3) is 5.91 Å². The van der Waals surface area contributed by atoms with Crippen molar-refractivity contribution in [2.45, 2.75) is 13.1 Å². The van der Waals surface area contributed by atoms with Gasteiger partial charge < -0.3 is 5.32 Å². The maximum absolute atomic E-state index is 13.0. The van der Waals surface area contributed by atoms with Crippen LogP contribution in [0, 0.1) is 18.3 Å². The molecule has 1 N–H and O–H groups in total. The number of hydrogen-bond donors (Lipinski definition) is 1. The lowest BCUT2D eigenvalue weighted by Crippen LogP contribution is -2.27. The Kier molecular flexibility index (Phi) is 5.19. The molecule has 6 nitrogen and oxygen atoms in total. The van der Waals surface area contributed by atoms with E-state index >= 15 is 0 Å². The molecule has 2 aromatic carbocycles. The number of rotatable bonds is 3. The minimum Gasteiger partial charge on any atom is -0.320 e. The molecule has 3 rings (SSSR count). The third kappa shape index (κ3) is 4.32. The van der Waals surface area contributed by atoms with Crippen LogP contribution in [0.4, 0.5) is 18.9 Å². The first-order chi connectivity index (χ1) is 13.7. The van der Waals surface area contributed by atoms with Crippen LogP contribution in [0.1, 0.15) is 27.3 Å². The van der Waals surface area contributed by atoms with Crippen molar-refractivity contribution >= 4 is 11.6 Å². The zero-order valence-electron chi connectivity index (χ0n) is 15.0. The molecule has 1 amide bonds. The summed E-state index contributed by atoms with van der Waals surface area (Å²) in [4.78, 5) is 24.7. The number of halogens is 3. The van der Waals surface area contributed by atoms with Crippen LogP contribution >= 0.6 is 0 Å². The number of nitrogens with zero attached hydrogens (tertiary/aromatic N) is 3. The van der Waals surface area contributed by atoms with Crippen LogP contribution in [0.3, 0.4) is 0 Å². The van der Waals surface area contributed by atoms with Crippen LogP contribution in [0.25, 0.3) is 5.69 Å². The molecule has 0 aliphatic rings. The van der Waals surface area contributed by atoms with Crippen LogP contribution in [-0.4, -0.2) is 15.7 Å². The zero-order chi connectivity index (χ0) is 21.2. The van der Waals surface area contributed by atoms with Crippen molar-refractivity contribution < 1.29 is 18.0 Å². The van der Waals surface area contributed by atoms with E-state index in [0.29, 0.717) is 5.56 Å². The first kappa shape index (κ1) is 19.8. The van der Waals surface area contributed by atoms with Crippen molar-refractivity contribution in [2.75, 3.05) is 5.32 Å². The van der Waals surface area contributed by atoms with E-state index in [1.54, 1.807) is 12.1 Å². The second kappa shape index (κ2) is 7.59. The minimum atomic E-state index is -4.55. The van der Waals surface area contributed by atoms with E-state index in [0.717, 1.165) is 22.9 Å². The first-order valence-corrected chi connectivity index (χ1v) is 8.29. The summed E-state index contributed by atoms with van der Waals surface area (Å²) in [7, 11) is 0. The van der Waals surface area contributed by atoms with Gasteiger partial charge in [-0.2, -0.15) is 23.5 Å². The van der Waals surface area contributed by atoms with Gasteiger partial charge in [0.2, 0.25) is 5.43 Å². The third-order valence-electron chi connectivity index (χ3n) is 3.99. The summed E-state index contributed by atoms with van der Waals surface area (Å²) >= 11 is 0. The number of carbonyl (C=O) groups is 1. The molecule has 0 fully saturated rings. The van der Waals surface area contributed by atoms with Gasteiger partial charge in [0, 0.05) is 17.4 Å². The second-order valence-corrected chi connectivity index (χ2v) is 6.11. The van der Waals surface area contributed by atoms with Gasteiger partial charge in [-0.25, -0.2) is 4.68 Å². The molecule has 0 bridgehead atoms. The largest absolute Gasteiger partial charge is 0.416 e. The average molecular weight is 398 g/mol. The Morgan fingerprint density at radius 1 is 1.14 bits per heavy atom. The molecule has 0 radical (unpaired) electrons. The molecule has 1 aromatic heterocycles. The van der Waals surface area contributed by atoms with Crippen molar-refractivity contribution in [3.05, 3.63) is 87.3 Å². The summed E-state index contributed by atoms with van der Waals surface area (Å²) in [6.07, 6.45) is -4.55. The molecule has 9 heteroatoms. The summed E-state index contributed by atoms with van der Waals surface area (Å²) in [5.41, 5.74) is -1.15. The summed E-state index contributed by atoms with van der Waals surface area (Å²) in [6, 6.07) is 13.5. The fraction of sp³-hybridized carbons (Fsp3) is 0.100. The van der Waals surface area contributed by atoms with Crippen molar-refractivity contribution in [3.63, 3.8) is 0 Å². The summed E-state index contributed by atoms with van der Waals surface area (Å²) in [5, 5.41) is 15.3. The topological polar surface area (TPSA) is 87.8 Å². The van der Waals surface area contributed by atoms with Gasteiger partial charge in [-0.1, -0.05) is 12.1 Å². The summed E-state index contributed by atoms with van der Waals surface area (Å²) < 4.78 is 40.1. The van der Waals surface area contributed by atoms with Crippen molar-refractivity contribution in [2.24, 2.45) is 0 Å². The highest BCUT2D eigenvalue weighted by Crippen LogP contribution is 2.30. The lowest BCUT2D eigenvalue weighted by atomic mass is 10.2. The standard InChI is InChI=1S/C20H13F3N4O2/c1-12-8-17(28)18(19(29)25-15-6-2-4-13(9-15)11-24)26-27(12)16-7-3-5-14(10-16)20(21,22)23/h2-10H,1H3,(H,25,29). The number of alkyl halides is 3. The molecule has 0 saturated heterocycles. The van der Waals surface area contributed by atoms with Gasteiger partial charge in [0.05, 0.1) is 22.9 Å². The van der Waals surface area contributed by atoms with E-state index in [2.05, 4.69) is 10.4 Å². The average Bonchev–Trinajstić information content (AvgIpc) is 2.67. The number of nitriles is 1. The summed E-state index contributed by atoms with van der Waals surface area (Å²) in [6.45, 7) is 1.49. The highest BCUT2D eigenvalue weighted by molar-refractivity contribution is 6.02. The fourth-order valence-electron chi connectivity index (χ4n) is 2.64. The highest BCUT2D eigenvalue weighted by Gasteiger charge is 2.30. The highest BCUT2D eigenvalue weighted by atomic mass is 19.4. The van der Waals surface area contributed by atoms with Crippen molar-refractivity contribution in [1.29, 1.82) is 5.26 Å². The number of benzene rings is 2. The van der Waals surface area contributed by atoms with E-state index in [-0.39, 0.29) is 17.1 Å². The Labute approximate surface area is 162 Å². The molecule has 0 unspecified atom stereocenters. The molecule has 0 atom stereocenters. The van der Waals surface area contributed by atoms with Crippen LogP contribution in [0.15, 0.2) is 59.4 Å². The quantitative estimate of drug-likeness (QED) is 0.729. The number of aryl methyl sites for hydroxylation is 1. The molecule has 0 spiro atoms. The van der Waals surface area contributed by atoms with E-state index < -0.39 is 28.8 Å². The SMILES string of the molecule is Cc1cc(=O)c(C(=O)Nc2cccc(C#N)c2)nn1-c1cccc(C(F)(F)F)c1. The predicted molar refractivity (Wildman–Crippen MR) is 98.7 cm³/mol. The number of nitrogens with one attached hydrogen (secondary N) is 1. The number of aromatic nitrogens is 2. The normalized spacial score (nSPS) is 11.0. The number of carbonyl (C=O) groups excluding carboxylic acids is 1. The Balaban J connectivity index is 2.01. The van der Waals surface area contributed by atoms with Crippen LogP contribution in [0.5, 0.6) is 0 Å². The van der Waals surface area contributed by atoms with Gasteiger partial charge in [-0.15, -0.1) is 0 Å². The maximum atomic E-state index is 13.0. The van der Waals surface area contributed by atoms with E-state index in [4.69, 9.17) is 5.26 Å². The van der Waals surface area contributed by atoms with E-state index in [1.165, 1.54) is 31.2 Å². The number of hydrogen-bond acceptors (Lipinski definition) is 4. The Morgan fingerprint density at radius 3 is 2.55 bits per heavy atom. The minimum absolute atomic E-state index is 0.0536. The third-order valence-corrected chi connectivity index (χ3v) is 3.99. The molecule has 0 aliphatic carbocycles. The molecular weight excluding hydrogens is 385 g/mol. The molecule has 0 aliphatic heterocycles. The second-order valence-electron chi connectivity index (χ2n) is 6.11. The van der Waals surface area contributed by atoms with Crippen LogP contribution in [0.2, 0.25) is 0 Å². The Hall–Kier alpha value is -3.93. The molecule has 1 heterocycles. The van der Waals surface area contributed by atoms with Crippen molar-refractivity contribution in [1.82, 2.24) is 9.78 Å². The molecule has 3 aromatic rings. The Morgan fingerprint density at radius 2 is 1.86 bits per heavy atom. The lowest BCUT2D eigenvalue weighted by molar-refractivity contribution is -0.137. The van der Waals surface area contributed by atoms with Gasteiger partial charge in [0.15, 0.2) is 5.69 Å². The first-order valence-electron chi connectivity index (χ1n) is 8.29. The summed E-state index contributed by atoms with van der Waals surface area (Å²) in [5.74, 6) is -0.842. The van der Waals surface area contributed by atoms with Gasteiger partial charge in [0.1, 0.15) is 0 Å². The molecule has 0 saturated carbocycles. The van der Waals surface area contributed by atoms with Gasteiger partial charge >= 0.3 is 6.18 Å². The lowest BCUT2D eigenvalue weighted by Gasteiger charge is -2.13. The van der Waals surface area contributed by atoms with Gasteiger partial charge in [-0.05, 0) is 43.3 Å². The number of anilines is 1. The number of amides is 1. The van der Waals surface area contributed by atoms with E-state index in [1.807, 2.05) is 6.07 Å². The van der Waals surface area contributed by atoms with E-state index in [9.17, 15) is 22.8 Å². The smallest absolute Gasteiger partial charge is 0.320 e. The molecule has 146 valence electrons. The van der Waals surface area contributed by atoms with Crippen molar-refractivity contribution in [3.8, 4) is 11.8 Å². The fourth-order valence-corrected chi connectivity index (χ4v) is 2.64.